The number of hydrogen-bond acceptors (Lipinski definition) is 6. The standard InChI is InChI=1S/C21H26N4O3S/c1-29-13-12-23-10-11-25-17(21(23)28)18(26)20(27)22-19(25)16-8-5-9-24(16)14-15-6-3-2-4-7-15/h2-4,6-7,16,26H,5,8-14H2,1H3. The minimum atomic E-state index is -0.710. The molecule has 4 rings (SSSR count). The van der Waals surface area contributed by atoms with Gasteiger partial charge in [-0.2, -0.15) is 16.7 Å². The molecule has 7 nitrogen and oxygen atoms in total. The van der Waals surface area contributed by atoms with E-state index in [2.05, 4.69) is 22.0 Å². The van der Waals surface area contributed by atoms with E-state index in [1.165, 1.54) is 5.56 Å². The molecule has 8 heteroatoms. The quantitative estimate of drug-likeness (QED) is 0.780. The van der Waals surface area contributed by atoms with Crippen LogP contribution in [0.5, 0.6) is 5.75 Å². The molecular formula is C21H26N4O3S. The molecule has 2 aliphatic rings. The van der Waals surface area contributed by atoms with E-state index in [1.54, 1.807) is 21.2 Å². The van der Waals surface area contributed by atoms with Crippen molar-refractivity contribution in [3.63, 3.8) is 0 Å². The number of carbonyl (C=O) groups is 1. The van der Waals surface area contributed by atoms with Crippen molar-refractivity contribution in [3.05, 3.63) is 57.8 Å². The third-order valence-corrected chi connectivity index (χ3v) is 6.32. The number of hydrogen-bond donors (Lipinski definition) is 1. The minimum absolute atomic E-state index is 0.0344. The van der Waals surface area contributed by atoms with Crippen LogP contribution in [0.25, 0.3) is 0 Å². The summed E-state index contributed by atoms with van der Waals surface area (Å²) in [6, 6.07) is 10.2. The summed E-state index contributed by atoms with van der Waals surface area (Å²) in [5.41, 5.74) is 0.593. The molecule has 0 saturated carbocycles. The monoisotopic (exact) mass is 414 g/mol. The van der Waals surface area contributed by atoms with Gasteiger partial charge in [0, 0.05) is 31.9 Å². The summed E-state index contributed by atoms with van der Waals surface area (Å²) in [6.45, 7) is 3.40. The zero-order chi connectivity index (χ0) is 20.4. The molecule has 1 amide bonds. The normalized spacial score (nSPS) is 19.6. The third kappa shape index (κ3) is 3.91. The van der Waals surface area contributed by atoms with Crippen LogP contribution in [-0.2, 0) is 13.1 Å². The first kappa shape index (κ1) is 20.0. The van der Waals surface area contributed by atoms with Crippen molar-refractivity contribution in [2.24, 2.45) is 0 Å². The molecule has 1 saturated heterocycles. The first-order valence-corrected chi connectivity index (χ1v) is 11.4. The largest absolute Gasteiger partial charge is 0.501 e. The smallest absolute Gasteiger partial charge is 0.315 e. The Morgan fingerprint density at radius 2 is 1.97 bits per heavy atom. The fourth-order valence-corrected chi connectivity index (χ4v) is 4.67. The van der Waals surface area contributed by atoms with Crippen molar-refractivity contribution >= 4 is 17.7 Å². The molecule has 2 aromatic rings. The molecule has 1 atom stereocenters. The molecule has 1 fully saturated rings. The summed E-state index contributed by atoms with van der Waals surface area (Å²) < 4.78 is 1.78. The predicted molar refractivity (Wildman–Crippen MR) is 113 cm³/mol. The number of thioether (sulfide) groups is 1. The number of aromatic hydroxyl groups is 1. The Kier molecular flexibility index (Phi) is 5.91. The maximum absolute atomic E-state index is 13.0. The van der Waals surface area contributed by atoms with E-state index >= 15 is 0 Å². The van der Waals surface area contributed by atoms with E-state index in [9.17, 15) is 14.7 Å². The molecule has 0 radical (unpaired) electrons. The van der Waals surface area contributed by atoms with Gasteiger partial charge in [0.15, 0.2) is 5.69 Å². The lowest BCUT2D eigenvalue weighted by atomic mass is 10.1. The zero-order valence-corrected chi connectivity index (χ0v) is 17.4. The van der Waals surface area contributed by atoms with Gasteiger partial charge in [0.2, 0.25) is 5.75 Å². The van der Waals surface area contributed by atoms with Gasteiger partial charge in [-0.05, 0) is 31.2 Å². The van der Waals surface area contributed by atoms with Crippen LogP contribution in [0.1, 0.15) is 40.8 Å². The summed E-state index contributed by atoms with van der Waals surface area (Å²) in [5.74, 6) is 0.618. The van der Waals surface area contributed by atoms with Crippen LogP contribution in [-0.4, -0.2) is 62.0 Å². The lowest BCUT2D eigenvalue weighted by molar-refractivity contribution is 0.0701. The first-order valence-electron chi connectivity index (χ1n) is 10.00. The third-order valence-electron chi connectivity index (χ3n) is 5.73. The average Bonchev–Trinajstić information content (AvgIpc) is 3.18. The fraction of sp³-hybridized carbons (Fsp3) is 0.476. The molecule has 3 heterocycles. The van der Waals surface area contributed by atoms with Crippen molar-refractivity contribution < 1.29 is 9.90 Å². The van der Waals surface area contributed by atoms with Crippen LogP contribution < -0.4 is 5.56 Å². The van der Waals surface area contributed by atoms with Gasteiger partial charge in [-0.25, -0.2) is 0 Å². The number of likely N-dealkylation sites (tertiary alicyclic amines) is 1. The topological polar surface area (TPSA) is 78.7 Å². The van der Waals surface area contributed by atoms with Gasteiger partial charge in [-0.15, -0.1) is 0 Å². The van der Waals surface area contributed by atoms with E-state index in [0.29, 0.717) is 25.5 Å². The van der Waals surface area contributed by atoms with Crippen molar-refractivity contribution in [2.45, 2.75) is 32.0 Å². The number of benzene rings is 1. The van der Waals surface area contributed by atoms with Gasteiger partial charge in [0.25, 0.3) is 5.91 Å². The Bertz CT molecular complexity index is 947. The number of rotatable bonds is 6. The highest BCUT2D eigenvalue weighted by Crippen LogP contribution is 2.34. The summed E-state index contributed by atoms with van der Waals surface area (Å²) >= 11 is 1.67. The highest BCUT2D eigenvalue weighted by molar-refractivity contribution is 7.98. The van der Waals surface area contributed by atoms with E-state index in [1.807, 2.05) is 24.5 Å². The van der Waals surface area contributed by atoms with Crippen LogP contribution >= 0.6 is 11.8 Å². The SMILES string of the molecule is CSCCN1CCn2c(C3CCCN3Cc3ccccc3)nc(=O)c(O)c2C1=O. The number of carbonyl (C=O) groups excluding carboxylic acids is 1. The Labute approximate surface area is 174 Å². The van der Waals surface area contributed by atoms with Crippen LogP contribution in [0.15, 0.2) is 35.1 Å². The van der Waals surface area contributed by atoms with Crippen molar-refractivity contribution in [1.29, 1.82) is 0 Å². The summed E-state index contributed by atoms with van der Waals surface area (Å²) in [6.07, 6.45) is 3.89. The molecule has 0 bridgehead atoms. The molecule has 1 N–H and O–H groups in total. The van der Waals surface area contributed by atoms with E-state index in [0.717, 1.165) is 31.7 Å². The van der Waals surface area contributed by atoms with Gasteiger partial charge in [-0.1, -0.05) is 30.3 Å². The molecule has 154 valence electrons. The second kappa shape index (κ2) is 8.59. The van der Waals surface area contributed by atoms with Crippen LogP contribution in [0.2, 0.25) is 0 Å². The van der Waals surface area contributed by atoms with Crippen LogP contribution in [0, 0.1) is 0 Å². The second-order valence-corrected chi connectivity index (χ2v) is 8.51. The second-order valence-electron chi connectivity index (χ2n) is 7.52. The molecule has 2 aliphatic heterocycles. The van der Waals surface area contributed by atoms with Gasteiger partial charge in [0.05, 0.1) is 6.04 Å². The van der Waals surface area contributed by atoms with Crippen LogP contribution in [0.4, 0.5) is 0 Å². The van der Waals surface area contributed by atoms with E-state index < -0.39 is 11.3 Å². The fourth-order valence-electron chi connectivity index (χ4n) is 4.27. The molecule has 1 aromatic heterocycles. The van der Waals surface area contributed by atoms with Crippen LogP contribution in [0.3, 0.4) is 0 Å². The molecule has 29 heavy (non-hydrogen) atoms. The van der Waals surface area contributed by atoms with Gasteiger partial charge < -0.3 is 14.6 Å². The summed E-state index contributed by atoms with van der Waals surface area (Å²) in [7, 11) is 0. The minimum Gasteiger partial charge on any atom is -0.501 e. The number of aromatic nitrogens is 2. The highest BCUT2D eigenvalue weighted by Gasteiger charge is 2.36. The maximum atomic E-state index is 13.0. The molecular weight excluding hydrogens is 388 g/mol. The number of nitrogens with zero attached hydrogens (tertiary/aromatic N) is 4. The van der Waals surface area contributed by atoms with Crippen molar-refractivity contribution in [3.8, 4) is 5.75 Å². The van der Waals surface area contributed by atoms with Gasteiger partial charge in [-0.3, -0.25) is 14.5 Å². The van der Waals surface area contributed by atoms with Crippen molar-refractivity contribution in [2.75, 3.05) is 31.6 Å². The van der Waals surface area contributed by atoms with Gasteiger partial charge >= 0.3 is 5.56 Å². The summed E-state index contributed by atoms with van der Waals surface area (Å²) in [5, 5.41) is 10.4. The number of fused-ring (bicyclic) bond motifs is 1. The van der Waals surface area contributed by atoms with Gasteiger partial charge in [0.1, 0.15) is 5.82 Å². The van der Waals surface area contributed by atoms with Crippen molar-refractivity contribution in [1.82, 2.24) is 19.4 Å². The van der Waals surface area contributed by atoms with E-state index in [-0.39, 0.29) is 17.6 Å². The number of amides is 1. The molecule has 1 aromatic carbocycles. The lowest BCUT2D eigenvalue weighted by Crippen LogP contribution is -2.45. The predicted octanol–water partition coefficient (Wildman–Crippen LogP) is 2.10. The summed E-state index contributed by atoms with van der Waals surface area (Å²) in [4.78, 5) is 33.7. The highest BCUT2D eigenvalue weighted by atomic mass is 32.2. The zero-order valence-electron chi connectivity index (χ0n) is 16.6. The van der Waals surface area contributed by atoms with E-state index in [4.69, 9.17) is 0 Å². The Hall–Kier alpha value is -2.32. The Morgan fingerprint density at radius 3 is 2.72 bits per heavy atom. The average molecular weight is 415 g/mol. The maximum Gasteiger partial charge on any atom is 0.315 e. The molecule has 1 unspecified atom stereocenters. The lowest BCUT2D eigenvalue weighted by Gasteiger charge is -2.33. The molecule has 0 aliphatic carbocycles. The molecule has 0 spiro atoms. The Morgan fingerprint density at radius 1 is 1.17 bits per heavy atom. The first-order chi connectivity index (χ1) is 14.1. The Balaban J connectivity index is 1.68.